The van der Waals surface area contributed by atoms with Gasteiger partial charge >= 0.3 is 0 Å². The molecule has 8 nitrogen and oxygen atoms in total. The van der Waals surface area contributed by atoms with Gasteiger partial charge in [-0.1, -0.05) is 90.0 Å². The van der Waals surface area contributed by atoms with Gasteiger partial charge in [0.05, 0.1) is 25.2 Å². The largest absolute Gasteiger partial charge is 0.507 e. The first kappa shape index (κ1) is 39.5. The standard InChI is InChI=1S/C41H58N2O6/c1-16-34(42-24-25-19-28(43(46)47)17-18-33(25)44)41(45,26-20-29(37(2,3)4)35(48-14)30(21-26)38(5,6)7)27-22-31(39(8,9)10)36(49-15)32(23-27)40(11,12)13/h17-24,34,44-45H,16H2,1-15H3. The SMILES string of the molecule is CCC(N=Cc1cc([N+](=O)[O-])ccc1O)C(O)(c1cc(C(C)(C)C)c(OC)c(C(C)(C)C)c1)c1cc(C(C)(C)C)c(OC)c(C(C)(C)C)c1. The average Bonchev–Trinajstić information content (AvgIpc) is 2.98. The lowest BCUT2D eigenvalue weighted by atomic mass is 9.70. The zero-order valence-electron chi connectivity index (χ0n) is 32.3. The molecule has 0 fully saturated rings. The maximum absolute atomic E-state index is 13.6. The number of hydrogen-bond acceptors (Lipinski definition) is 7. The summed E-state index contributed by atoms with van der Waals surface area (Å²) in [5, 5.41) is 35.8. The minimum Gasteiger partial charge on any atom is -0.507 e. The van der Waals surface area contributed by atoms with Gasteiger partial charge in [0.2, 0.25) is 0 Å². The monoisotopic (exact) mass is 674 g/mol. The van der Waals surface area contributed by atoms with Crippen LogP contribution in [-0.2, 0) is 27.3 Å². The van der Waals surface area contributed by atoms with Gasteiger partial charge in [-0.2, -0.15) is 0 Å². The number of aliphatic hydroxyl groups is 1. The molecule has 0 aliphatic heterocycles. The molecule has 0 bridgehead atoms. The van der Waals surface area contributed by atoms with Crippen molar-refractivity contribution in [2.75, 3.05) is 14.2 Å². The fourth-order valence-corrected chi connectivity index (χ4v) is 6.36. The van der Waals surface area contributed by atoms with Crippen molar-refractivity contribution in [2.24, 2.45) is 4.99 Å². The van der Waals surface area contributed by atoms with Crippen molar-refractivity contribution in [1.29, 1.82) is 0 Å². The highest BCUT2D eigenvalue weighted by Crippen LogP contribution is 2.49. The Balaban J connectivity index is 2.61. The summed E-state index contributed by atoms with van der Waals surface area (Å²) in [6.07, 6.45) is 1.84. The van der Waals surface area contributed by atoms with Crippen LogP contribution in [0.5, 0.6) is 17.2 Å². The lowest BCUT2D eigenvalue weighted by Crippen LogP contribution is -2.41. The molecule has 8 heteroatoms. The van der Waals surface area contributed by atoms with Gasteiger partial charge in [-0.05, 0) is 69.5 Å². The smallest absolute Gasteiger partial charge is 0.270 e. The highest BCUT2D eigenvalue weighted by molar-refractivity contribution is 5.84. The number of ether oxygens (including phenoxy) is 2. The van der Waals surface area contributed by atoms with Crippen LogP contribution in [0.2, 0.25) is 0 Å². The van der Waals surface area contributed by atoms with Gasteiger partial charge in [-0.3, -0.25) is 15.1 Å². The summed E-state index contributed by atoms with van der Waals surface area (Å²) in [5.74, 6) is 1.42. The lowest BCUT2D eigenvalue weighted by molar-refractivity contribution is -0.384. The number of methoxy groups -OCH3 is 2. The molecule has 0 aliphatic rings. The Morgan fingerprint density at radius 2 is 1.10 bits per heavy atom. The summed E-state index contributed by atoms with van der Waals surface area (Å²) in [4.78, 5) is 16.0. The zero-order valence-corrected chi connectivity index (χ0v) is 32.3. The number of aromatic hydroxyl groups is 1. The summed E-state index contributed by atoms with van der Waals surface area (Å²) in [5.41, 5.74) is 2.09. The Morgan fingerprint density at radius 3 is 1.39 bits per heavy atom. The molecule has 49 heavy (non-hydrogen) atoms. The fraction of sp³-hybridized carbons (Fsp3) is 0.537. The first-order valence-electron chi connectivity index (χ1n) is 17.0. The number of benzene rings is 3. The van der Waals surface area contributed by atoms with E-state index >= 15 is 0 Å². The molecule has 3 aromatic carbocycles. The third-order valence-electron chi connectivity index (χ3n) is 9.18. The van der Waals surface area contributed by atoms with Crippen molar-refractivity contribution in [3.05, 3.63) is 91.5 Å². The molecule has 3 rings (SSSR count). The van der Waals surface area contributed by atoms with Crippen LogP contribution < -0.4 is 9.47 Å². The lowest BCUT2D eigenvalue weighted by Gasteiger charge is -2.40. The van der Waals surface area contributed by atoms with Crippen molar-refractivity contribution in [3.63, 3.8) is 0 Å². The van der Waals surface area contributed by atoms with Crippen molar-refractivity contribution in [1.82, 2.24) is 0 Å². The summed E-state index contributed by atoms with van der Waals surface area (Å²) >= 11 is 0. The molecule has 1 atom stereocenters. The number of hydrogen-bond donors (Lipinski definition) is 2. The van der Waals surface area contributed by atoms with Crippen LogP contribution >= 0.6 is 0 Å². The summed E-state index contributed by atoms with van der Waals surface area (Å²) in [7, 11) is 3.37. The van der Waals surface area contributed by atoms with Crippen LogP contribution in [0, 0.1) is 10.1 Å². The van der Waals surface area contributed by atoms with E-state index in [1.54, 1.807) is 14.2 Å². The van der Waals surface area contributed by atoms with Gasteiger partial charge in [-0.15, -0.1) is 0 Å². The van der Waals surface area contributed by atoms with Crippen LogP contribution in [-0.4, -0.2) is 41.6 Å². The van der Waals surface area contributed by atoms with E-state index < -0.39 is 16.6 Å². The van der Waals surface area contributed by atoms with Gasteiger partial charge in [0.1, 0.15) is 22.8 Å². The predicted molar refractivity (Wildman–Crippen MR) is 200 cm³/mol. The minimum absolute atomic E-state index is 0.142. The normalized spacial score (nSPS) is 13.9. The molecule has 2 N–H and O–H groups in total. The Bertz CT molecular complexity index is 1560. The topological polar surface area (TPSA) is 114 Å². The Hall–Kier alpha value is -3.91. The van der Waals surface area contributed by atoms with E-state index in [0.717, 1.165) is 33.8 Å². The quantitative estimate of drug-likeness (QED) is 0.133. The van der Waals surface area contributed by atoms with Crippen LogP contribution in [0.1, 0.15) is 135 Å². The molecule has 0 aromatic heterocycles. The number of nitrogens with zero attached hydrogens (tertiary/aromatic N) is 2. The summed E-state index contributed by atoms with van der Waals surface area (Å²) < 4.78 is 12.2. The van der Waals surface area contributed by atoms with E-state index in [0.29, 0.717) is 17.5 Å². The van der Waals surface area contributed by atoms with Crippen LogP contribution in [0.4, 0.5) is 5.69 Å². The number of nitro benzene ring substituents is 1. The molecular formula is C41H58N2O6. The average molecular weight is 675 g/mol. The van der Waals surface area contributed by atoms with E-state index in [1.807, 2.05) is 31.2 Å². The van der Waals surface area contributed by atoms with Crippen molar-refractivity contribution < 1.29 is 24.6 Å². The van der Waals surface area contributed by atoms with Crippen molar-refractivity contribution in [3.8, 4) is 17.2 Å². The van der Waals surface area contributed by atoms with E-state index in [-0.39, 0.29) is 38.7 Å². The van der Waals surface area contributed by atoms with Crippen LogP contribution in [0.3, 0.4) is 0 Å². The molecule has 0 amide bonds. The van der Waals surface area contributed by atoms with Crippen molar-refractivity contribution >= 4 is 11.9 Å². The number of phenolic OH excluding ortho intramolecular Hbond substituents is 1. The van der Waals surface area contributed by atoms with Crippen molar-refractivity contribution in [2.45, 2.75) is 130 Å². The van der Waals surface area contributed by atoms with E-state index in [1.165, 1.54) is 24.4 Å². The van der Waals surface area contributed by atoms with E-state index in [4.69, 9.17) is 14.5 Å². The highest BCUT2D eigenvalue weighted by Gasteiger charge is 2.44. The molecule has 268 valence electrons. The summed E-state index contributed by atoms with van der Waals surface area (Å²) in [6.45, 7) is 27.5. The third kappa shape index (κ3) is 8.12. The van der Waals surface area contributed by atoms with Gasteiger partial charge in [0.25, 0.3) is 5.69 Å². The molecule has 0 saturated carbocycles. The molecule has 0 saturated heterocycles. The molecular weight excluding hydrogens is 616 g/mol. The predicted octanol–water partition coefficient (Wildman–Crippen LogP) is 9.64. The van der Waals surface area contributed by atoms with Crippen LogP contribution in [0.15, 0.2) is 47.5 Å². The minimum atomic E-state index is -1.69. The highest BCUT2D eigenvalue weighted by atomic mass is 16.6. The molecule has 0 aliphatic carbocycles. The molecule has 3 aromatic rings. The second-order valence-electron chi connectivity index (χ2n) is 17.2. The van der Waals surface area contributed by atoms with Gasteiger partial charge in [0.15, 0.2) is 0 Å². The molecule has 0 heterocycles. The van der Waals surface area contributed by atoms with Gasteiger partial charge in [0, 0.05) is 46.2 Å². The first-order chi connectivity index (χ1) is 22.3. The maximum Gasteiger partial charge on any atom is 0.270 e. The Morgan fingerprint density at radius 1 is 0.735 bits per heavy atom. The Kier molecular flexibility index (Phi) is 11.1. The number of rotatable bonds is 9. The number of non-ortho nitro benzene ring substituents is 1. The van der Waals surface area contributed by atoms with Gasteiger partial charge in [-0.25, -0.2) is 0 Å². The summed E-state index contributed by atoms with van der Waals surface area (Å²) in [6, 6.07) is 11.2. The first-order valence-corrected chi connectivity index (χ1v) is 17.0. The number of aliphatic imine (C=N–C) groups is 1. The molecule has 0 spiro atoms. The van der Waals surface area contributed by atoms with E-state index in [2.05, 4.69) is 83.1 Å². The molecule has 1 unspecified atom stereocenters. The third-order valence-corrected chi connectivity index (χ3v) is 9.18. The number of phenols is 1. The van der Waals surface area contributed by atoms with E-state index in [9.17, 15) is 20.3 Å². The zero-order chi connectivity index (χ0) is 37.5. The Labute approximate surface area is 293 Å². The fourth-order valence-electron chi connectivity index (χ4n) is 6.36. The second kappa shape index (κ2) is 13.8. The van der Waals surface area contributed by atoms with Crippen LogP contribution in [0.25, 0.3) is 0 Å². The number of nitro groups is 1. The van der Waals surface area contributed by atoms with Gasteiger partial charge < -0.3 is 19.7 Å². The maximum atomic E-state index is 13.6. The molecule has 0 radical (unpaired) electrons. The second-order valence-corrected chi connectivity index (χ2v) is 17.2.